The predicted molar refractivity (Wildman–Crippen MR) is 65.3 cm³/mol. The smallest absolute Gasteiger partial charge is 0.127 e. The number of hydrogen-bond acceptors (Lipinski definition) is 2. The zero-order valence-electron chi connectivity index (χ0n) is 9.24. The summed E-state index contributed by atoms with van der Waals surface area (Å²) < 4.78 is 15.2. The van der Waals surface area contributed by atoms with Gasteiger partial charge in [-0.3, -0.25) is 4.68 Å². The van der Waals surface area contributed by atoms with Crippen molar-refractivity contribution in [1.29, 1.82) is 0 Å². The molecule has 0 aliphatic heterocycles. The van der Waals surface area contributed by atoms with Crippen LogP contribution in [0, 0.1) is 5.82 Å². The highest BCUT2D eigenvalue weighted by atomic mass is 35.5. The fourth-order valence-electron chi connectivity index (χ4n) is 1.53. The molecule has 3 nitrogen and oxygen atoms in total. The van der Waals surface area contributed by atoms with Gasteiger partial charge in [-0.15, -0.1) is 0 Å². The van der Waals surface area contributed by atoms with E-state index in [9.17, 15) is 4.39 Å². The minimum atomic E-state index is -0.235. The van der Waals surface area contributed by atoms with Crippen LogP contribution < -0.4 is 5.32 Å². The Labute approximate surface area is 104 Å². The first kappa shape index (κ1) is 12.1. The van der Waals surface area contributed by atoms with Gasteiger partial charge < -0.3 is 5.32 Å². The van der Waals surface area contributed by atoms with Crippen LogP contribution >= 0.6 is 11.6 Å². The Kier molecular flexibility index (Phi) is 4.12. The summed E-state index contributed by atoms with van der Waals surface area (Å²) >= 11 is 5.80. The third kappa shape index (κ3) is 3.54. The van der Waals surface area contributed by atoms with Crippen LogP contribution in [0.5, 0.6) is 0 Å². The Morgan fingerprint density at radius 3 is 3.06 bits per heavy atom. The summed E-state index contributed by atoms with van der Waals surface area (Å²) in [5.74, 6) is -0.235. The van der Waals surface area contributed by atoms with E-state index >= 15 is 0 Å². The van der Waals surface area contributed by atoms with E-state index in [-0.39, 0.29) is 5.82 Å². The Hall–Kier alpha value is -1.39. The van der Waals surface area contributed by atoms with Gasteiger partial charge in [-0.05, 0) is 24.3 Å². The Morgan fingerprint density at radius 2 is 2.29 bits per heavy atom. The van der Waals surface area contributed by atoms with E-state index in [1.807, 2.05) is 16.9 Å². The van der Waals surface area contributed by atoms with Crippen molar-refractivity contribution in [2.45, 2.75) is 13.1 Å². The fourth-order valence-corrected chi connectivity index (χ4v) is 1.72. The van der Waals surface area contributed by atoms with E-state index in [0.29, 0.717) is 17.1 Å². The van der Waals surface area contributed by atoms with Crippen LogP contribution in [0.3, 0.4) is 0 Å². The van der Waals surface area contributed by atoms with Crippen molar-refractivity contribution in [3.05, 3.63) is 53.1 Å². The van der Waals surface area contributed by atoms with Crippen LogP contribution in [-0.2, 0) is 13.1 Å². The largest absolute Gasteiger partial charge is 0.311 e. The molecule has 0 aliphatic rings. The lowest BCUT2D eigenvalue weighted by Gasteiger charge is -2.06. The SMILES string of the molecule is Fc1ccc(Cl)cc1CNCCn1cccn1. The van der Waals surface area contributed by atoms with Gasteiger partial charge in [0.25, 0.3) is 0 Å². The molecule has 0 atom stereocenters. The van der Waals surface area contributed by atoms with Gasteiger partial charge in [-0.2, -0.15) is 5.10 Å². The van der Waals surface area contributed by atoms with Crippen LogP contribution in [0.4, 0.5) is 4.39 Å². The van der Waals surface area contributed by atoms with E-state index in [1.54, 1.807) is 18.3 Å². The molecule has 1 aromatic carbocycles. The Bertz CT molecular complexity index is 471. The molecule has 0 bridgehead atoms. The van der Waals surface area contributed by atoms with Crippen LogP contribution in [0.15, 0.2) is 36.7 Å². The summed E-state index contributed by atoms with van der Waals surface area (Å²) in [6.07, 6.45) is 3.62. The highest BCUT2D eigenvalue weighted by Gasteiger charge is 2.02. The summed E-state index contributed by atoms with van der Waals surface area (Å²) in [6, 6.07) is 6.44. The third-order valence-corrected chi connectivity index (χ3v) is 2.64. The second-order valence-corrected chi connectivity index (χ2v) is 4.12. The van der Waals surface area contributed by atoms with E-state index in [1.165, 1.54) is 6.07 Å². The molecule has 90 valence electrons. The molecule has 2 aromatic rings. The molecule has 2 rings (SSSR count). The molecular weight excluding hydrogens is 241 g/mol. The van der Waals surface area contributed by atoms with Gasteiger partial charge in [0.15, 0.2) is 0 Å². The molecule has 1 aromatic heterocycles. The molecule has 0 unspecified atom stereocenters. The second-order valence-electron chi connectivity index (χ2n) is 3.68. The molecule has 5 heteroatoms. The van der Waals surface area contributed by atoms with E-state index in [4.69, 9.17) is 11.6 Å². The van der Waals surface area contributed by atoms with Crippen molar-refractivity contribution in [2.75, 3.05) is 6.54 Å². The van der Waals surface area contributed by atoms with E-state index in [0.717, 1.165) is 13.1 Å². The Morgan fingerprint density at radius 1 is 1.41 bits per heavy atom. The standard InChI is InChI=1S/C12H13ClFN3/c13-11-2-3-12(14)10(8-11)9-15-5-7-17-6-1-4-16-17/h1-4,6,8,15H,5,7,9H2. The van der Waals surface area contributed by atoms with Gasteiger partial charge in [0.1, 0.15) is 5.82 Å². The van der Waals surface area contributed by atoms with Crippen LogP contribution in [0.1, 0.15) is 5.56 Å². The van der Waals surface area contributed by atoms with E-state index < -0.39 is 0 Å². The molecule has 1 heterocycles. The lowest BCUT2D eigenvalue weighted by molar-refractivity contribution is 0.540. The predicted octanol–water partition coefficient (Wildman–Crippen LogP) is 2.47. The number of halogens is 2. The topological polar surface area (TPSA) is 29.9 Å². The first-order chi connectivity index (χ1) is 8.25. The van der Waals surface area contributed by atoms with Crippen LogP contribution in [0.2, 0.25) is 5.02 Å². The fraction of sp³-hybridized carbons (Fsp3) is 0.250. The monoisotopic (exact) mass is 253 g/mol. The van der Waals surface area contributed by atoms with E-state index in [2.05, 4.69) is 10.4 Å². The average Bonchev–Trinajstić information content (AvgIpc) is 2.82. The molecular formula is C12H13ClFN3. The van der Waals surface area contributed by atoms with Crippen molar-refractivity contribution in [2.24, 2.45) is 0 Å². The molecule has 0 spiro atoms. The third-order valence-electron chi connectivity index (χ3n) is 2.40. The first-order valence-corrected chi connectivity index (χ1v) is 5.75. The van der Waals surface area contributed by atoms with Gasteiger partial charge in [0.05, 0.1) is 6.54 Å². The maximum Gasteiger partial charge on any atom is 0.127 e. The van der Waals surface area contributed by atoms with Crippen LogP contribution in [0.25, 0.3) is 0 Å². The molecule has 0 radical (unpaired) electrons. The summed E-state index contributed by atoms with van der Waals surface area (Å²) in [5.41, 5.74) is 0.581. The van der Waals surface area contributed by atoms with Crippen molar-refractivity contribution in [3.8, 4) is 0 Å². The number of aromatic nitrogens is 2. The van der Waals surface area contributed by atoms with Crippen molar-refractivity contribution < 1.29 is 4.39 Å². The second kappa shape index (κ2) is 5.80. The minimum Gasteiger partial charge on any atom is -0.311 e. The molecule has 0 aliphatic carbocycles. The quantitative estimate of drug-likeness (QED) is 0.830. The zero-order chi connectivity index (χ0) is 12.1. The average molecular weight is 254 g/mol. The molecule has 0 fully saturated rings. The van der Waals surface area contributed by atoms with Gasteiger partial charge in [0.2, 0.25) is 0 Å². The highest BCUT2D eigenvalue weighted by Crippen LogP contribution is 2.14. The maximum atomic E-state index is 13.4. The van der Waals surface area contributed by atoms with Crippen LogP contribution in [-0.4, -0.2) is 16.3 Å². The van der Waals surface area contributed by atoms with Gasteiger partial charge >= 0.3 is 0 Å². The first-order valence-electron chi connectivity index (χ1n) is 5.38. The van der Waals surface area contributed by atoms with Crippen molar-refractivity contribution in [1.82, 2.24) is 15.1 Å². The summed E-state index contributed by atoms with van der Waals surface area (Å²) in [5, 5.41) is 7.77. The summed E-state index contributed by atoms with van der Waals surface area (Å²) in [6.45, 7) is 1.95. The molecule has 0 saturated carbocycles. The minimum absolute atomic E-state index is 0.235. The highest BCUT2D eigenvalue weighted by molar-refractivity contribution is 6.30. The normalized spacial score (nSPS) is 10.7. The number of nitrogens with one attached hydrogen (secondary N) is 1. The molecule has 1 N–H and O–H groups in total. The molecule has 0 saturated heterocycles. The van der Waals surface area contributed by atoms with Gasteiger partial charge in [-0.25, -0.2) is 4.39 Å². The van der Waals surface area contributed by atoms with Crippen molar-refractivity contribution in [3.63, 3.8) is 0 Å². The Balaban J connectivity index is 1.80. The number of hydrogen-bond donors (Lipinski definition) is 1. The molecule has 17 heavy (non-hydrogen) atoms. The molecule has 0 amide bonds. The number of benzene rings is 1. The summed E-state index contributed by atoms with van der Waals surface area (Å²) in [7, 11) is 0. The van der Waals surface area contributed by atoms with Crippen molar-refractivity contribution >= 4 is 11.6 Å². The lowest BCUT2D eigenvalue weighted by Crippen LogP contribution is -2.20. The van der Waals surface area contributed by atoms with Gasteiger partial charge in [0, 0.05) is 36.1 Å². The zero-order valence-corrected chi connectivity index (χ0v) is 9.99. The number of nitrogens with zero attached hydrogens (tertiary/aromatic N) is 2. The maximum absolute atomic E-state index is 13.4. The van der Waals surface area contributed by atoms with Gasteiger partial charge in [-0.1, -0.05) is 11.6 Å². The lowest BCUT2D eigenvalue weighted by atomic mass is 10.2. The number of rotatable bonds is 5. The summed E-state index contributed by atoms with van der Waals surface area (Å²) in [4.78, 5) is 0.